The zero-order valence-corrected chi connectivity index (χ0v) is 10.5. The van der Waals surface area contributed by atoms with Gasteiger partial charge in [-0.1, -0.05) is 0 Å². The fraction of sp³-hybridized carbons (Fsp3) is 1.00. The van der Waals surface area contributed by atoms with Gasteiger partial charge in [-0.25, -0.2) is 0 Å². The van der Waals surface area contributed by atoms with E-state index in [9.17, 15) is 0 Å². The van der Waals surface area contributed by atoms with Gasteiger partial charge in [0.2, 0.25) is 0 Å². The molecule has 2 heteroatoms. The summed E-state index contributed by atoms with van der Waals surface area (Å²) in [5, 5.41) is 3.49. The van der Waals surface area contributed by atoms with E-state index in [1.807, 2.05) is 0 Å². The maximum atomic E-state index is 3.49. The van der Waals surface area contributed by atoms with Gasteiger partial charge >= 0.3 is 0 Å². The van der Waals surface area contributed by atoms with Crippen LogP contribution < -0.4 is 5.32 Å². The monoisotopic (exact) mass is 198 g/mol. The molecule has 1 saturated heterocycles. The van der Waals surface area contributed by atoms with Gasteiger partial charge in [0.1, 0.15) is 0 Å². The second-order valence-corrected chi connectivity index (χ2v) is 5.99. The molecule has 0 saturated carbocycles. The molecule has 0 bridgehead atoms. The highest BCUT2D eigenvalue weighted by Gasteiger charge is 2.34. The molecule has 0 aromatic heterocycles. The van der Waals surface area contributed by atoms with Gasteiger partial charge in [0.05, 0.1) is 0 Å². The maximum absolute atomic E-state index is 3.49. The predicted molar refractivity (Wildman–Crippen MR) is 62.6 cm³/mol. The van der Waals surface area contributed by atoms with E-state index >= 15 is 0 Å². The molecular weight excluding hydrogens is 172 g/mol. The van der Waals surface area contributed by atoms with Crippen LogP contribution in [0.25, 0.3) is 0 Å². The third kappa shape index (κ3) is 2.96. The summed E-state index contributed by atoms with van der Waals surface area (Å²) in [7, 11) is 0. The maximum Gasteiger partial charge on any atom is 0.0170 e. The van der Waals surface area contributed by atoms with E-state index in [1.165, 1.54) is 25.9 Å². The first-order valence-corrected chi connectivity index (χ1v) is 5.82. The van der Waals surface area contributed by atoms with E-state index in [-0.39, 0.29) is 0 Å². The van der Waals surface area contributed by atoms with Crippen molar-refractivity contribution in [1.29, 1.82) is 0 Å². The number of rotatable bonds is 0. The number of hydrogen-bond acceptors (Lipinski definition) is 2. The zero-order chi connectivity index (χ0) is 10.8. The van der Waals surface area contributed by atoms with Crippen molar-refractivity contribution in [3.05, 3.63) is 0 Å². The summed E-state index contributed by atoms with van der Waals surface area (Å²) >= 11 is 0. The third-order valence-electron chi connectivity index (χ3n) is 3.19. The molecule has 0 atom stereocenters. The summed E-state index contributed by atoms with van der Waals surface area (Å²) in [6, 6.07) is 0. The van der Waals surface area contributed by atoms with Gasteiger partial charge in [-0.05, 0) is 60.5 Å². The summed E-state index contributed by atoms with van der Waals surface area (Å²) in [5.41, 5.74) is 0.618. The molecule has 0 aromatic carbocycles. The van der Waals surface area contributed by atoms with Crippen LogP contribution in [0.5, 0.6) is 0 Å². The first kappa shape index (κ1) is 12.0. The highest BCUT2D eigenvalue weighted by atomic mass is 15.2. The van der Waals surface area contributed by atoms with Crippen LogP contribution in [0, 0.1) is 0 Å². The first-order chi connectivity index (χ1) is 6.34. The predicted octanol–water partition coefficient (Wildman–Crippen LogP) is 2.25. The first-order valence-electron chi connectivity index (χ1n) is 5.82. The van der Waals surface area contributed by atoms with E-state index in [1.54, 1.807) is 0 Å². The van der Waals surface area contributed by atoms with Gasteiger partial charge in [0, 0.05) is 17.6 Å². The van der Waals surface area contributed by atoms with E-state index in [0.29, 0.717) is 11.1 Å². The van der Waals surface area contributed by atoms with Gasteiger partial charge in [0.25, 0.3) is 0 Å². The fourth-order valence-corrected chi connectivity index (χ4v) is 2.56. The lowest BCUT2D eigenvalue weighted by atomic mass is 9.90. The lowest BCUT2D eigenvalue weighted by Crippen LogP contribution is -2.56. The van der Waals surface area contributed by atoms with Crippen molar-refractivity contribution in [2.75, 3.05) is 19.6 Å². The topological polar surface area (TPSA) is 15.3 Å². The van der Waals surface area contributed by atoms with Gasteiger partial charge in [0.15, 0.2) is 0 Å². The Hall–Kier alpha value is -0.0800. The molecule has 0 radical (unpaired) electrons. The summed E-state index contributed by atoms with van der Waals surface area (Å²) in [5.74, 6) is 0. The molecule has 0 aliphatic carbocycles. The lowest BCUT2D eigenvalue weighted by Gasteiger charge is -2.48. The molecule has 1 heterocycles. The molecule has 0 amide bonds. The summed E-state index contributed by atoms with van der Waals surface area (Å²) in [6.45, 7) is 15.2. The second-order valence-electron chi connectivity index (χ2n) is 5.99. The standard InChI is InChI=1S/C12H26N2/c1-11(2,3)14-10-6-8-13-9-7-12(14,4)5/h13H,6-10H2,1-5H3. The Morgan fingerprint density at radius 1 is 1.14 bits per heavy atom. The van der Waals surface area contributed by atoms with E-state index in [2.05, 4.69) is 44.8 Å². The van der Waals surface area contributed by atoms with Crippen LogP contribution in [-0.4, -0.2) is 35.6 Å². The molecule has 14 heavy (non-hydrogen) atoms. The van der Waals surface area contributed by atoms with E-state index in [4.69, 9.17) is 0 Å². The molecule has 1 N–H and O–H groups in total. The minimum Gasteiger partial charge on any atom is -0.317 e. The SMILES string of the molecule is CC(C)(C)N1CCCNCCC1(C)C. The average molecular weight is 198 g/mol. The quantitative estimate of drug-likeness (QED) is 0.642. The van der Waals surface area contributed by atoms with Crippen molar-refractivity contribution in [3.8, 4) is 0 Å². The van der Waals surface area contributed by atoms with Gasteiger partial charge < -0.3 is 5.32 Å². The molecule has 0 aromatic rings. The Kier molecular flexibility index (Phi) is 3.59. The van der Waals surface area contributed by atoms with Gasteiger partial charge in [-0.3, -0.25) is 4.90 Å². The molecule has 1 aliphatic heterocycles. The number of hydrogen-bond donors (Lipinski definition) is 1. The van der Waals surface area contributed by atoms with Crippen LogP contribution in [0.3, 0.4) is 0 Å². The van der Waals surface area contributed by atoms with Gasteiger partial charge in [-0.15, -0.1) is 0 Å². The van der Waals surface area contributed by atoms with Crippen LogP contribution >= 0.6 is 0 Å². The van der Waals surface area contributed by atoms with Crippen molar-refractivity contribution in [3.63, 3.8) is 0 Å². The number of nitrogens with zero attached hydrogens (tertiary/aromatic N) is 1. The van der Waals surface area contributed by atoms with Crippen LogP contribution in [0.2, 0.25) is 0 Å². The Morgan fingerprint density at radius 3 is 2.36 bits per heavy atom. The minimum absolute atomic E-state index is 0.292. The summed E-state index contributed by atoms with van der Waals surface area (Å²) < 4.78 is 0. The minimum atomic E-state index is 0.292. The molecule has 1 aliphatic rings. The fourth-order valence-electron chi connectivity index (χ4n) is 2.56. The molecule has 1 fully saturated rings. The summed E-state index contributed by atoms with van der Waals surface area (Å²) in [6.07, 6.45) is 2.50. The lowest BCUT2D eigenvalue weighted by molar-refractivity contribution is 0.0155. The summed E-state index contributed by atoms with van der Waals surface area (Å²) in [4.78, 5) is 2.65. The molecule has 1 rings (SSSR count). The highest BCUT2D eigenvalue weighted by Crippen LogP contribution is 2.28. The zero-order valence-electron chi connectivity index (χ0n) is 10.5. The van der Waals surface area contributed by atoms with Crippen LogP contribution in [0.15, 0.2) is 0 Å². The molecule has 0 unspecified atom stereocenters. The Morgan fingerprint density at radius 2 is 1.79 bits per heavy atom. The third-order valence-corrected chi connectivity index (χ3v) is 3.19. The Bertz CT molecular complexity index is 179. The molecular formula is C12H26N2. The van der Waals surface area contributed by atoms with Crippen molar-refractivity contribution in [1.82, 2.24) is 10.2 Å². The number of nitrogens with one attached hydrogen (secondary N) is 1. The van der Waals surface area contributed by atoms with Crippen molar-refractivity contribution >= 4 is 0 Å². The Balaban J connectivity index is 2.75. The average Bonchev–Trinajstić information content (AvgIpc) is 1.95. The van der Waals surface area contributed by atoms with Crippen LogP contribution in [0.1, 0.15) is 47.5 Å². The normalized spacial score (nSPS) is 25.5. The van der Waals surface area contributed by atoms with Crippen LogP contribution in [-0.2, 0) is 0 Å². The van der Waals surface area contributed by atoms with Crippen molar-refractivity contribution in [2.45, 2.75) is 58.5 Å². The molecule has 2 nitrogen and oxygen atoms in total. The van der Waals surface area contributed by atoms with Crippen molar-refractivity contribution < 1.29 is 0 Å². The van der Waals surface area contributed by atoms with Crippen molar-refractivity contribution in [2.24, 2.45) is 0 Å². The van der Waals surface area contributed by atoms with Crippen LogP contribution in [0.4, 0.5) is 0 Å². The van der Waals surface area contributed by atoms with E-state index in [0.717, 1.165) is 6.54 Å². The smallest absolute Gasteiger partial charge is 0.0170 e. The Labute approximate surface area is 89.1 Å². The van der Waals surface area contributed by atoms with Gasteiger partial charge in [-0.2, -0.15) is 0 Å². The largest absolute Gasteiger partial charge is 0.317 e. The molecule has 0 spiro atoms. The highest BCUT2D eigenvalue weighted by molar-refractivity contribution is 4.91. The molecule has 84 valence electrons. The second kappa shape index (κ2) is 4.19. The van der Waals surface area contributed by atoms with E-state index < -0.39 is 0 Å².